The molecule has 0 saturated heterocycles. The molecule has 0 spiro atoms. The molecule has 0 N–H and O–H groups in total. The number of nitrogens with zero attached hydrogens (tertiary/aromatic N) is 2. The van der Waals surface area contributed by atoms with Gasteiger partial charge in [0, 0.05) is 12.7 Å². The second-order valence-corrected chi connectivity index (χ2v) is 4.77. The van der Waals surface area contributed by atoms with Crippen molar-refractivity contribution in [2.75, 3.05) is 11.9 Å². The highest BCUT2D eigenvalue weighted by molar-refractivity contribution is 6.43. The standard InChI is InChI=1S/C12H8Cl3FN2/c1-18(8-4-2-7(16)3-5-8)12-10(14)6-9(13)11(15)17-12/h2-6H,1H3. The zero-order valence-electron chi connectivity index (χ0n) is 9.29. The predicted molar refractivity (Wildman–Crippen MR) is 73.7 cm³/mol. The molecular formula is C12H8Cl3FN2. The van der Waals surface area contributed by atoms with E-state index >= 15 is 0 Å². The molecule has 1 heterocycles. The van der Waals surface area contributed by atoms with Gasteiger partial charge in [0.25, 0.3) is 0 Å². The summed E-state index contributed by atoms with van der Waals surface area (Å²) < 4.78 is 12.9. The molecule has 94 valence electrons. The normalized spacial score (nSPS) is 10.5. The van der Waals surface area contributed by atoms with Gasteiger partial charge in [-0.1, -0.05) is 34.8 Å². The van der Waals surface area contributed by atoms with Crippen LogP contribution >= 0.6 is 34.8 Å². The molecule has 18 heavy (non-hydrogen) atoms. The van der Waals surface area contributed by atoms with Crippen LogP contribution in [0.4, 0.5) is 15.9 Å². The molecule has 0 fully saturated rings. The van der Waals surface area contributed by atoms with E-state index in [1.807, 2.05) is 0 Å². The van der Waals surface area contributed by atoms with Crippen molar-refractivity contribution in [3.8, 4) is 0 Å². The Labute approximate surface area is 119 Å². The van der Waals surface area contributed by atoms with Gasteiger partial charge in [0.15, 0.2) is 5.82 Å². The van der Waals surface area contributed by atoms with Gasteiger partial charge in [-0.3, -0.25) is 0 Å². The van der Waals surface area contributed by atoms with E-state index in [0.717, 1.165) is 5.69 Å². The SMILES string of the molecule is CN(c1ccc(F)cc1)c1nc(Cl)c(Cl)cc1Cl. The minimum Gasteiger partial charge on any atom is -0.328 e. The Morgan fingerprint density at radius 3 is 2.28 bits per heavy atom. The fourth-order valence-corrected chi connectivity index (χ4v) is 2.08. The van der Waals surface area contributed by atoms with Crippen molar-refractivity contribution >= 4 is 46.3 Å². The Morgan fingerprint density at radius 2 is 1.67 bits per heavy atom. The number of hydrogen-bond donors (Lipinski definition) is 0. The van der Waals surface area contributed by atoms with Crippen LogP contribution in [0.5, 0.6) is 0 Å². The summed E-state index contributed by atoms with van der Waals surface area (Å²) in [6, 6.07) is 7.48. The number of aromatic nitrogens is 1. The first kappa shape index (κ1) is 13.4. The smallest absolute Gasteiger partial charge is 0.153 e. The van der Waals surface area contributed by atoms with Crippen molar-refractivity contribution in [1.82, 2.24) is 4.98 Å². The topological polar surface area (TPSA) is 16.1 Å². The zero-order chi connectivity index (χ0) is 13.3. The fourth-order valence-electron chi connectivity index (χ4n) is 1.46. The van der Waals surface area contributed by atoms with Crippen molar-refractivity contribution < 1.29 is 4.39 Å². The molecule has 1 aromatic heterocycles. The third kappa shape index (κ3) is 2.69. The molecule has 0 atom stereocenters. The average Bonchev–Trinajstić information content (AvgIpc) is 2.34. The molecule has 0 aliphatic heterocycles. The number of rotatable bonds is 2. The molecule has 0 aliphatic rings. The molecule has 0 aliphatic carbocycles. The molecule has 0 saturated carbocycles. The highest BCUT2D eigenvalue weighted by atomic mass is 35.5. The maximum atomic E-state index is 12.9. The molecule has 0 unspecified atom stereocenters. The Bertz CT molecular complexity index is 572. The van der Waals surface area contributed by atoms with Crippen molar-refractivity contribution in [2.45, 2.75) is 0 Å². The monoisotopic (exact) mass is 304 g/mol. The summed E-state index contributed by atoms with van der Waals surface area (Å²) in [5.74, 6) is 0.151. The number of hydrogen-bond acceptors (Lipinski definition) is 2. The molecule has 0 bridgehead atoms. The molecule has 2 aromatic rings. The quantitative estimate of drug-likeness (QED) is 0.730. The summed E-state index contributed by atoms with van der Waals surface area (Å²) in [6.45, 7) is 0. The van der Waals surface area contributed by atoms with Gasteiger partial charge in [-0.15, -0.1) is 0 Å². The Kier molecular flexibility index (Phi) is 3.95. The van der Waals surface area contributed by atoms with Crippen LogP contribution < -0.4 is 4.90 Å². The lowest BCUT2D eigenvalue weighted by Gasteiger charge is -2.19. The number of pyridine rings is 1. The minimum atomic E-state index is -0.305. The minimum absolute atomic E-state index is 0.171. The second kappa shape index (κ2) is 5.31. The van der Waals surface area contributed by atoms with Crippen LogP contribution in [0.2, 0.25) is 15.2 Å². The van der Waals surface area contributed by atoms with Crippen molar-refractivity contribution in [1.29, 1.82) is 0 Å². The summed E-state index contributed by atoms with van der Waals surface area (Å²) in [4.78, 5) is 5.80. The van der Waals surface area contributed by atoms with Gasteiger partial charge < -0.3 is 4.90 Å². The van der Waals surface area contributed by atoms with Crippen LogP contribution in [0.3, 0.4) is 0 Å². The van der Waals surface area contributed by atoms with Crippen LogP contribution in [0, 0.1) is 5.82 Å². The van der Waals surface area contributed by atoms with Crippen molar-refractivity contribution in [2.24, 2.45) is 0 Å². The number of benzene rings is 1. The highest BCUT2D eigenvalue weighted by Crippen LogP contribution is 2.33. The molecule has 1 aromatic carbocycles. The Morgan fingerprint density at radius 1 is 1.06 bits per heavy atom. The lowest BCUT2D eigenvalue weighted by molar-refractivity contribution is 0.628. The lowest BCUT2D eigenvalue weighted by atomic mass is 10.3. The van der Waals surface area contributed by atoms with Crippen LogP contribution in [-0.4, -0.2) is 12.0 Å². The highest BCUT2D eigenvalue weighted by Gasteiger charge is 2.13. The van der Waals surface area contributed by atoms with Gasteiger partial charge in [0.2, 0.25) is 0 Å². The van der Waals surface area contributed by atoms with E-state index in [0.29, 0.717) is 10.8 Å². The molecule has 0 amide bonds. The predicted octanol–water partition coefficient (Wildman–Crippen LogP) is 4.95. The fraction of sp³-hybridized carbons (Fsp3) is 0.0833. The zero-order valence-corrected chi connectivity index (χ0v) is 11.6. The van der Waals surface area contributed by atoms with Gasteiger partial charge in [0.1, 0.15) is 11.0 Å². The van der Waals surface area contributed by atoms with Gasteiger partial charge in [-0.2, -0.15) is 0 Å². The molecule has 2 nitrogen and oxygen atoms in total. The third-order valence-corrected chi connectivity index (χ3v) is 3.35. The first-order chi connectivity index (χ1) is 8.49. The van der Waals surface area contributed by atoms with E-state index in [1.54, 1.807) is 24.1 Å². The Balaban J connectivity index is 2.42. The third-order valence-electron chi connectivity index (χ3n) is 2.40. The summed E-state index contributed by atoms with van der Waals surface area (Å²) in [7, 11) is 1.76. The van der Waals surface area contributed by atoms with Crippen LogP contribution in [0.15, 0.2) is 30.3 Å². The maximum Gasteiger partial charge on any atom is 0.153 e. The van der Waals surface area contributed by atoms with Gasteiger partial charge >= 0.3 is 0 Å². The molecular weight excluding hydrogens is 298 g/mol. The van der Waals surface area contributed by atoms with Gasteiger partial charge in [-0.05, 0) is 30.3 Å². The van der Waals surface area contributed by atoms with E-state index in [-0.39, 0.29) is 16.0 Å². The second-order valence-electron chi connectivity index (χ2n) is 3.60. The first-order valence-corrected chi connectivity index (χ1v) is 6.13. The van der Waals surface area contributed by atoms with E-state index in [2.05, 4.69) is 4.98 Å². The van der Waals surface area contributed by atoms with E-state index in [1.165, 1.54) is 18.2 Å². The van der Waals surface area contributed by atoms with Gasteiger partial charge in [-0.25, -0.2) is 9.37 Å². The average molecular weight is 306 g/mol. The lowest BCUT2D eigenvalue weighted by Crippen LogP contribution is -2.12. The van der Waals surface area contributed by atoms with Crippen LogP contribution in [-0.2, 0) is 0 Å². The molecule has 6 heteroatoms. The molecule has 0 radical (unpaired) electrons. The van der Waals surface area contributed by atoms with Crippen LogP contribution in [0.1, 0.15) is 0 Å². The number of halogens is 4. The summed E-state index contributed by atoms with van der Waals surface area (Å²) >= 11 is 17.7. The van der Waals surface area contributed by atoms with Gasteiger partial charge in [0.05, 0.1) is 10.0 Å². The largest absolute Gasteiger partial charge is 0.328 e. The van der Waals surface area contributed by atoms with Crippen molar-refractivity contribution in [3.63, 3.8) is 0 Å². The molecule has 2 rings (SSSR count). The Hall–Kier alpha value is -1.03. The maximum absolute atomic E-state index is 12.9. The van der Waals surface area contributed by atoms with E-state index < -0.39 is 0 Å². The van der Waals surface area contributed by atoms with Crippen molar-refractivity contribution in [3.05, 3.63) is 51.3 Å². The van der Waals surface area contributed by atoms with E-state index in [9.17, 15) is 4.39 Å². The van der Waals surface area contributed by atoms with E-state index in [4.69, 9.17) is 34.8 Å². The number of anilines is 2. The summed E-state index contributed by atoms with van der Waals surface area (Å²) in [5, 5.41) is 0.833. The first-order valence-electron chi connectivity index (χ1n) is 5.00. The summed E-state index contributed by atoms with van der Waals surface area (Å²) in [6.07, 6.45) is 0. The van der Waals surface area contributed by atoms with Crippen LogP contribution in [0.25, 0.3) is 0 Å². The summed E-state index contributed by atoms with van der Waals surface area (Å²) in [5.41, 5.74) is 0.740.